The number of nitrogens with zero attached hydrogens (tertiary/aromatic N) is 1. The molecule has 0 saturated carbocycles. The van der Waals surface area contributed by atoms with Gasteiger partial charge in [0.25, 0.3) is 5.91 Å². The van der Waals surface area contributed by atoms with Crippen molar-refractivity contribution in [1.29, 1.82) is 0 Å². The number of carbonyl (C=O) groups is 5. The smallest absolute Gasteiger partial charge is 0.408 e. The van der Waals surface area contributed by atoms with Crippen molar-refractivity contribution < 1.29 is 33.4 Å². The molecule has 2 unspecified atom stereocenters. The van der Waals surface area contributed by atoms with E-state index in [4.69, 9.17) is 16.9 Å². The van der Waals surface area contributed by atoms with Crippen molar-refractivity contribution in [2.75, 3.05) is 13.7 Å². The van der Waals surface area contributed by atoms with Gasteiger partial charge in [-0.2, -0.15) is 0 Å². The minimum absolute atomic E-state index is 0.184. The second kappa shape index (κ2) is 13.7. The van der Waals surface area contributed by atoms with Gasteiger partial charge in [-0.3, -0.25) is 24.1 Å². The van der Waals surface area contributed by atoms with Crippen LogP contribution in [-0.4, -0.2) is 60.0 Å². The number of alkyl carbamates (subject to hydrolysis) is 1. The second-order valence-electron chi connectivity index (χ2n) is 8.83. The molecule has 2 atom stereocenters. The Labute approximate surface area is 211 Å². The van der Waals surface area contributed by atoms with E-state index in [9.17, 15) is 24.0 Å². The number of carbonyl (C=O) groups excluding carboxylic acids is 5. The SMILES string of the molecule is C#CN(C(=O)C(CCC(N)=O)NC(=O)OC(C)(C)C)C(C(=O)NCC(=O)OC)c1ccc(CC)cc1. The Hall–Kier alpha value is -4.07. The van der Waals surface area contributed by atoms with Gasteiger partial charge >= 0.3 is 12.1 Å². The number of terminal acetylenes is 1. The van der Waals surface area contributed by atoms with Gasteiger partial charge in [-0.25, -0.2) is 4.79 Å². The van der Waals surface area contributed by atoms with Crippen molar-refractivity contribution >= 4 is 29.8 Å². The predicted octanol–water partition coefficient (Wildman–Crippen LogP) is 1.16. The molecule has 4 N–H and O–H groups in total. The average Bonchev–Trinajstić information content (AvgIpc) is 2.81. The maximum absolute atomic E-state index is 13.5. The molecule has 4 amide bonds. The highest BCUT2D eigenvalue weighted by Crippen LogP contribution is 2.23. The van der Waals surface area contributed by atoms with E-state index in [2.05, 4.69) is 21.4 Å². The van der Waals surface area contributed by atoms with Crippen molar-refractivity contribution in [1.82, 2.24) is 15.5 Å². The van der Waals surface area contributed by atoms with Gasteiger partial charge in [0.1, 0.15) is 24.2 Å². The standard InChI is InChI=1S/C25H34N4O7/c1-7-16-9-11-17(12-10-16)21(22(32)27-15-20(31)35-6)29(8-2)23(33)18(13-14-19(26)30)28-24(34)36-25(3,4)5/h2,9-12,18,21H,7,13-15H2,1,3-6H3,(H2,26,30)(H,27,32)(H,28,34). The number of amides is 4. The maximum Gasteiger partial charge on any atom is 0.408 e. The van der Waals surface area contributed by atoms with E-state index >= 15 is 0 Å². The Kier molecular flexibility index (Phi) is 11.4. The monoisotopic (exact) mass is 502 g/mol. The predicted molar refractivity (Wildman–Crippen MR) is 131 cm³/mol. The Balaban J connectivity index is 3.38. The lowest BCUT2D eigenvalue weighted by Crippen LogP contribution is -2.52. The zero-order valence-corrected chi connectivity index (χ0v) is 21.3. The molecule has 1 aromatic carbocycles. The molecule has 0 aliphatic rings. The topological polar surface area (TPSA) is 157 Å². The van der Waals surface area contributed by atoms with Crippen LogP contribution < -0.4 is 16.4 Å². The molecule has 196 valence electrons. The summed E-state index contributed by atoms with van der Waals surface area (Å²) in [5, 5.41) is 4.81. The summed E-state index contributed by atoms with van der Waals surface area (Å²) in [7, 11) is 1.17. The van der Waals surface area contributed by atoms with Crippen LogP contribution in [0.15, 0.2) is 24.3 Å². The first-order valence-corrected chi connectivity index (χ1v) is 11.3. The van der Waals surface area contributed by atoms with Crippen molar-refractivity contribution in [3.63, 3.8) is 0 Å². The number of hydrogen-bond acceptors (Lipinski definition) is 7. The first kappa shape index (κ1) is 30.0. The molecule has 11 nitrogen and oxygen atoms in total. The highest BCUT2D eigenvalue weighted by molar-refractivity contribution is 5.94. The molecule has 0 saturated heterocycles. The largest absolute Gasteiger partial charge is 0.468 e. The maximum atomic E-state index is 13.5. The van der Waals surface area contributed by atoms with E-state index in [0.29, 0.717) is 5.56 Å². The lowest BCUT2D eigenvalue weighted by atomic mass is 10.0. The number of hydrogen-bond donors (Lipinski definition) is 3. The fourth-order valence-corrected chi connectivity index (χ4v) is 3.11. The van der Waals surface area contributed by atoms with Gasteiger partial charge in [0.05, 0.1) is 7.11 Å². The van der Waals surface area contributed by atoms with Crippen molar-refractivity contribution in [3.8, 4) is 12.5 Å². The van der Waals surface area contributed by atoms with E-state index in [1.54, 1.807) is 45.0 Å². The second-order valence-corrected chi connectivity index (χ2v) is 8.83. The van der Waals surface area contributed by atoms with Gasteiger partial charge in [-0.1, -0.05) is 37.6 Å². The van der Waals surface area contributed by atoms with E-state index in [1.165, 1.54) is 7.11 Å². The quantitative estimate of drug-likeness (QED) is 0.233. The minimum atomic E-state index is -1.35. The summed E-state index contributed by atoms with van der Waals surface area (Å²) in [6.07, 6.45) is 5.06. The number of methoxy groups -OCH3 is 1. The highest BCUT2D eigenvalue weighted by Gasteiger charge is 2.36. The minimum Gasteiger partial charge on any atom is -0.468 e. The third-order valence-electron chi connectivity index (χ3n) is 4.89. The molecule has 1 rings (SSSR count). The van der Waals surface area contributed by atoms with Gasteiger partial charge in [0.2, 0.25) is 11.8 Å². The molecule has 0 radical (unpaired) electrons. The summed E-state index contributed by atoms with van der Waals surface area (Å²) in [6, 6.07) is 6.35. The summed E-state index contributed by atoms with van der Waals surface area (Å²) < 4.78 is 9.76. The van der Waals surface area contributed by atoms with Crippen LogP contribution in [0.3, 0.4) is 0 Å². The number of nitrogens with one attached hydrogen (secondary N) is 2. The summed E-state index contributed by atoms with van der Waals surface area (Å²) in [5.41, 5.74) is 5.73. The number of rotatable bonds is 11. The molecular weight excluding hydrogens is 468 g/mol. The van der Waals surface area contributed by atoms with Crippen LogP contribution in [0, 0.1) is 12.5 Å². The van der Waals surface area contributed by atoms with Crippen molar-refractivity contribution in [3.05, 3.63) is 35.4 Å². The number of primary amides is 1. The van der Waals surface area contributed by atoms with E-state index in [1.807, 2.05) is 6.92 Å². The van der Waals surface area contributed by atoms with Crippen LogP contribution in [0.2, 0.25) is 0 Å². The number of benzene rings is 1. The Bertz CT molecular complexity index is 993. The van der Waals surface area contributed by atoms with E-state index in [0.717, 1.165) is 16.9 Å². The van der Waals surface area contributed by atoms with E-state index < -0.39 is 54.0 Å². The fraction of sp³-hybridized carbons (Fsp3) is 0.480. The van der Waals surface area contributed by atoms with Crippen LogP contribution in [0.25, 0.3) is 0 Å². The number of nitrogens with two attached hydrogens (primary N) is 1. The summed E-state index contributed by atoms with van der Waals surface area (Å²) in [4.78, 5) is 62.8. The molecule has 0 aliphatic heterocycles. The molecule has 1 aromatic rings. The van der Waals surface area contributed by atoms with Gasteiger partial charge in [0.15, 0.2) is 0 Å². The lowest BCUT2D eigenvalue weighted by molar-refractivity contribution is -0.142. The lowest BCUT2D eigenvalue weighted by Gasteiger charge is -2.30. The van der Waals surface area contributed by atoms with Crippen molar-refractivity contribution in [2.24, 2.45) is 5.73 Å². The molecule has 0 bridgehead atoms. The van der Waals surface area contributed by atoms with Crippen LogP contribution >= 0.6 is 0 Å². The van der Waals surface area contributed by atoms with Gasteiger partial charge in [0, 0.05) is 12.5 Å². The molecule has 0 fully saturated rings. The third-order valence-corrected chi connectivity index (χ3v) is 4.89. The summed E-state index contributed by atoms with van der Waals surface area (Å²) >= 11 is 0. The average molecular weight is 503 g/mol. The molecule has 0 aromatic heterocycles. The normalized spacial score (nSPS) is 12.3. The van der Waals surface area contributed by atoms with E-state index in [-0.39, 0.29) is 12.8 Å². The molecule has 0 heterocycles. The third kappa shape index (κ3) is 9.66. The molecule has 36 heavy (non-hydrogen) atoms. The zero-order chi connectivity index (χ0) is 27.5. The van der Waals surface area contributed by atoms with Crippen LogP contribution in [-0.2, 0) is 35.1 Å². The Morgan fingerprint density at radius 2 is 1.75 bits per heavy atom. The molecule has 0 spiro atoms. The van der Waals surface area contributed by atoms with Gasteiger partial charge in [-0.15, -0.1) is 0 Å². The summed E-state index contributed by atoms with van der Waals surface area (Å²) in [5.74, 6) is -2.99. The summed E-state index contributed by atoms with van der Waals surface area (Å²) in [6.45, 7) is 6.43. The molecule has 11 heteroatoms. The van der Waals surface area contributed by atoms with Gasteiger partial charge < -0.3 is 25.8 Å². The van der Waals surface area contributed by atoms with Gasteiger partial charge in [-0.05, 0) is 44.7 Å². The molecular formula is C25H34N4O7. The van der Waals surface area contributed by atoms with Crippen molar-refractivity contribution in [2.45, 2.75) is 64.6 Å². The zero-order valence-electron chi connectivity index (χ0n) is 21.3. The number of aryl methyl sites for hydroxylation is 1. The molecule has 0 aliphatic carbocycles. The highest BCUT2D eigenvalue weighted by atomic mass is 16.6. The Morgan fingerprint density at radius 1 is 1.14 bits per heavy atom. The number of esters is 1. The first-order valence-electron chi connectivity index (χ1n) is 11.3. The van der Waals surface area contributed by atoms with Crippen LogP contribution in [0.1, 0.15) is 57.7 Å². The fourth-order valence-electron chi connectivity index (χ4n) is 3.11. The van der Waals surface area contributed by atoms with Crippen LogP contribution in [0.5, 0.6) is 0 Å². The first-order chi connectivity index (χ1) is 16.8. The van der Waals surface area contributed by atoms with Crippen LogP contribution in [0.4, 0.5) is 4.79 Å². The Morgan fingerprint density at radius 3 is 2.22 bits per heavy atom. The number of ether oxygens (including phenoxy) is 2.